The van der Waals surface area contributed by atoms with Gasteiger partial charge in [-0.3, -0.25) is 10.1 Å². The van der Waals surface area contributed by atoms with Gasteiger partial charge >= 0.3 is 5.69 Å². The van der Waals surface area contributed by atoms with E-state index >= 15 is 0 Å². The minimum absolute atomic E-state index is 0.0610. The second-order valence-electron chi connectivity index (χ2n) is 2.78. The van der Waals surface area contributed by atoms with Crippen LogP contribution in [-0.2, 0) is 0 Å². The molecule has 1 aromatic heterocycles. The van der Waals surface area contributed by atoms with E-state index in [-0.39, 0.29) is 11.5 Å². The largest absolute Gasteiger partial charge is 0.378 e. The highest BCUT2D eigenvalue weighted by Gasteiger charge is 2.12. The van der Waals surface area contributed by atoms with Crippen LogP contribution in [0.1, 0.15) is 0 Å². The van der Waals surface area contributed by atoms with Gasteiger partial charge in [0.2, 0.25) is 5.82 Å². The Morgan fingerprint density at radius 3 is 2.93 bits per heavy atom. The predicted molar refractivity (Wildman–Crippen MR) is 62.2 cm³/mol. The van der Waals surface area contributed by atoms with Crippen LogP contribution < -0.4 is 11.1 Å². The van der Waals surface area contributed by atoms with Crippen molar-refractivity contribution in [2.24, 2.45) is 0 Å². The molecule has 1 heterocycles. The Labute approximate surface area is 91.4 Å². The summed E-state index contributed by atoms with van der Waals surface area (Å²) in [5, 5.41) is 13.5. The van der Waals surface area contributed by atoms with Gasteiger partial charge in [-0.1, -0.05) is 0 Å². The van der Waals surface area contributed by atoms with Crippen molar-refractivity contribution in [3.63, 3.8) is 0 Å². The number of nitro groups is 1. The van der Waals surface area contributed by atoms with Gasteiger partial charge in [-0.25, -0.2) is 4.98 Å². The van der Waals surface area contributed by atoms with E-state index < -0.39 is 4.92 Å². The predicted octanol–water partition coefficient (Wildman–Crippen LogP) is 1.35. The summed E-state index contributed by atoms with van der Waals surface area (Å²) in [6, 6.07) is 2.90. The first-order chi connectivity index (χ1) is 7.15. The maximum Gasteiger partial charge on any atom is 0.311 e. The van der Waals surface area contributed by atoms with Crippen molar-refractivity contribution >= 4 is 29.1 Å². The zero-order chi connectivity index (χ0) is 11.3. The molecule has 1 rings (SSSR count). The Morgan fingerprint density at radius 1 is 1.67 bits per heavy atom. The van der Waals surface area contributed by atoms with Gasteiger partial charge in [0.1, 0.15) is 5.82 Å². The number of hydrogen-bond donors (Lipinski definition) is 2. The second kappa shape index (κ2) is 5.40. The number of aromatic nitrogens is 1. The van der Waals surface area contributed by atoms with Crippen molar-refractivity contribution in [2.45, 2.75) is 0 Å². The van der Waals surface area contributed by atoms with Crippen LogP contribution in [0.25, 0.3) is 0 Å². The monoisotopic (exact) mass is 228 g/mol. The number of nitrogens with zero attached hydrogens (tertiary/aromatic N) is 2. The first-order valence-corrected chi connectivity index (χ1v) is 5.68. The average molecular weight is 228 g/mol. The molecule has 0 radical (unpaired) electrons. The summed E-state index contributed by atoms with van der Waals surface area (Å²) in [6.45, 7) is 0.755. The molecule has 0 atom stereocenters. The summed E-state index contributed by atoms with van der Waals surface area (Å²) in [5.41, 5.74) is 5.27. The first-order valence-electron chi connectivity index (χ1n) is 4.29. The smallest absolute Gasteiger partial charge is 0.311 e. The SMILES string of the molecule is CSCCNc1ccc([N+](=O)[O-])c(N)n1. The number of rotatable bonds is 5. The zero-order valence-electron chi connectivity index (χ0n) is 8.27. The Bertz CT molecular complexity index is 358. The van der Waals surface area contributed by atoms with Crippen LogP contribution in [-0.4, -0.2) is 28.5 Å². The van der Waals surface area contributed by atoms with E-state index in [4.69, 9.17) is 5.73 Å². The molecule has 0 saturated carbocycles. The maximum absolute atomic E-state index is 10.5. The topological polar surface area (TPSA) is 94.1 Å². The van der Waals surface area contributed by atoms with E-state index in [2.05, 4.69) is 10.3 Å². The van der Waals surface area contributed by atoms with Gasteiger partial charge in [-0.2, -0.15) is 11.8 Å². The minimum atomic E-state index is -0.548. The highest BCUT2D eigenvalue weighted by atomic mass is 32.2. The number of nitrogen functional groups attached to an aromatic ring is 1. The van der Waals surface area contributed by atoms with E-state index in [0.717, 1.165) is 12.3 Å². The van der Waals surface area contributed by atoms with Crippen LogP contribution in [0.4, 0.5) is 17.3 Å². The fourth-order valence-corrected chi connectivity index (χ4v) is 1.31. The molecule has 0 aromatic carbocycles. The third-order valence-corrected chi connectivity index (χ3v) is 2.32. The molecule has 7 heteroatoms. The standard InChI is InChI=1S/C8H12N4O2S/c1-15-5-4-10-7-3-2-6(12(13)14)8(9)11-7/h2-3H,4-5H2,1H3,(H3,9,10,11). The van der Waals surface area contributed by atoms with Gasteiger partial charge in [-0.05, 0) is 12.3 Å². The lowest BCUT2D eigenvalue weighted by atomic mass is 10.4. The molecule has 1 aromatic rings. The van der Waals surface area contributed by atoms with Crippen molar-refractivity contribution in [3.8, 4) is 0 Å². The number of hydrogen-bond acceptors (Lipinski definition) is 6. The minimum Gasteiger partial charge on any atom is -0.378 e. The molecule has 0 unspecified atom stereocenters. The number of thioether (sulfide) groups is 1. The second-order valence-corrected chi connectivity index (χ2v) is 3.76. The number of nitrogens with two attached hydrogens (primary N) is 1. The summed E-state index contributed by atoms with van der Waals surface area (Å²) in [7, 11) is 0. The molecule has 0 saturated heterocycles. The molecule has 0 aliphatic heterocycles. The van der Waals surface area contributed by atoms with Crippen molar-refractivity contribution in [1.29, 1.82) is 0 Å². The van der Waals surface area contributed by atoms with E-state index in [0.29, 0.717) is 5.82 Å². The van der Waals surface area contributed by atoms with Gasteiger partial charge in [0.05, 0.1) is 4.92 Å². The fourth-order valence-electron chi connectivity index (χ4n) is 1.00. The zero-order valence-corrected chi connectivity index (χ0v) is 9.08. The van der Waals surface area contributed by atoms with Gasteiger partial charge in [0.25, 0.3) is 0 Å². The lowest BCUT2D eigenvalue weighted by Gasteiger charge is -2.04. The van der Waals surface area contributed by atoms with Crippen LogP contribution >= 0.6 is 11.8 Å². The van der Waals surface area contributed by atoms with Gasteiger partial charge < -0.3 is 11.1 Å². The summed E-state index contributed by atoms with van der Waals surface area (Å²) >= 11 is 1.70. The van der Waals surface area contributed by atoms with Crippen LogP contribution in [0.15, 0.2) is 12.1 Å². The normalized spacial score (nSPS) is 9.93. The van der Waals surface area contributed by atoms with E-state index in [9.17, 15) is 10.1 Å². The van der Waals surface area contributed by atoms with Gasteiger partial charge in [0, 0.05) is 18.4 Å². The third-order valence-electron chi connectivity index (χ3n) is 1.71. The highest BCUT2D eigenvalue weighted by Crippen LogP contribution is 2.20. The molecule has 0 fully saturated rings. The molecule has 0 amide bonds. The molecular formula is C8H12N4O2S. The Morgan fingerprint density at radius 2 is 2.40 bits per heavy atom. The van der Waals surface area contributed by atoms with E-state index in [1.807, 2.05) is 6.26 Å². The molecule has 0 aliphatic carbocycles. The summed E-state index contributed by atoms with van der Waals surface area (Å²) < 4.78 is 0. The third kappa shape index (κ3) is 3.28. The quantitative estimate of drug-likeness (QED) is 0.449. The number of anilines is 2. The summed E-state index contributed by atoms with van der Waals surface area (Å²) in [4.78, 5) is 13.8. The fraction of sp³-hybridized carbons (Fsp3) is 0.375. The van der Waals surface area contributed by atoms with Crippen molar-refractivity contribution in [3.05, 3.63) is 22.2 Å². The Kier molecular flexibility index (Phi) is 4.17. The van der Waals surface area contributed by atoms with E-state index in [1.54, 1.807) is 17.8 Å². The lowest BCUT2D eigenvalue weighted by molar-refractivity contribution is -0.384. The average Bonchev–Trinajstić information content (AvgIpc) is 2.17. The molecule has 15 heavy (non-hydrogen) atoms. The Hall–Kier alpha value is -1.50. The molecular weight excluding hydrogens is 216 g/mol. The summed E-state index contributed by atoms with van der Waals surface area (Å²) in [6.07, 6.45) is 2.00. The highest BCUT2D eigenvalue weighted by molar-refractivity contribution is 7.98. The van der Waals surface area contributed by atoms with Crippen LogP contribution in [0.2, 0.25) is 0 Å². The maximum atomic E-state index is 10.5. The van der Waals surface area contributed by atoms with Crippen LogP contribution in [0.5, 0.6) is 0 Å². The molecule has 0 spiro atoms. The van der Waals surface area contributed by atoms with Crippen molar-refractivity contribution < 1.29 is 4.92 Å². The molecule has 6 nitrogen and oxygen atoms in total. The van der Waals surface area contributed by atoms with Crippen LogP contribution in [0, 0.1) is 10.1 Å². The van der Waals surface area contributed by atoms with E-state index in [1.165, 1.54) is 6.07 Å². The van der Waals surface area contributed by atoms with Crippen LogP contribution in [0.3, 0.4) is 0 Å². The number of pyridine rings is 1. The van der Waals surface area contributed by atoms with Crippen molar-refractivity contribution in [1.82, 2.24) is 4.98 Å². The lowest BCUT2D eigenvalue weighted by Crippen LogP contribution is -2.07. The molecule has 3 N–H and O–H groups in total. The van der Waals surface area contributed by atoms with Gasteiger partial charge in [-0.15, -0.1) is 0 Å². The Balaban J connectivity index is 2.69. The number of nitrogens with one attached hydrogen (secondary N) is 1. The molecule has 82 valence electrons. The van der Waals surface area contributed by atoms with Gasteiger partial charge in [0.15, 0.2) is 0 Å². The molecule has 0 aliphatic rings. The first kappa shape index (κ1) is 11.6. The van der Waals surface area contributed by atoms with Crippen molar-refractivity contribution in [2.75, 3.05) is 29.6 Å². The summed E-state index contributed by atoms with van der Waals surface area (Å²) in [5.74, 6) is 1.44. The molecule has 0 bridgehead atoms.